The Hall–Kier alpha value is 0.0700. The van der Waals surface area contributed by atoms with Crippen molar-refractivity contribution in [3.8, 4) is 0 Å². The fourth-order valence-corrected chi connectivity index (χ4v) is 2.42. The quantitative estimate of drug-likeness (QED) is 0.885. The van der Waals surface area contributed by atoms with Crippen molar-refractivity contribution in [2.75, 3.05) is 7.05 Å². The molecule has 1 heterocycles. The highest BCUT2D eigenvalue weighted by molar-refractivity contribution is 9.11. The Labute approximate surface area is 84.5 Å². The third-order valence-corrected chi connectivity index (χ3v) is 3.84. The maximum absolute atomic E-state index is 4.38. The maximum atomic E-state index is 4.38. The zero-order valence-corrected chi connectivity index (χ0v) is 9.33. The summed E-state index contributed by atoms with van der Waals surface area (Å²) in [5.74, 6) is 0. The Morgan fingerprint density at radius 2 is 2.50 bits per heavy atom. The monoisotopic (exact) mass is 246 g/mol. The third-order valence-electron chi connectivity index (χ3n) is 2.43. The molecule has 4 heteroatoms. The van der Waals surface area contributed by atoms with Crippen LogP contribution in [0.25, 0.3) is 0 Å². The molecule has 1 fully saturated rings. The number of halogens is 1. The first-order valence-corrected chi connectivity index (χ1v) is 5.70. The molecule has 0 bridgehead atoms. The zero-order valence-electron chi connectivity index (χ0n) is 6.93. The Balaban J connectivity index is 2.04. The normalized spacial score (nSPS) is 19.5. The first-order chi connectivity index (χ1) is 5.74. The van der Waals surface area contributed by atoms with Gasteiger partial charge in [-0.3, -0.25) is 0 Å². The fourth-order valence-electron chi connectivity index (χ4n) is 1.38. The first kappa shape index (κ1) is 8.66. The lowest BCUT2D eigenvalue weighted by Gasteiger charge is -2.10. The summed E-state index contributed by atoms with van der Waals surface area (Å²) in [7, 11) is 2.04. The minimum absolute atomic E-state index is 0.382. The number of hydrogen-bond acceptors (Lipinski definition) is 3. The molecule has 1 aliphatic rings. The highest BCUT2D eigenvalue weighted by Gasteiger charge is 2.41. The summed E-state index contributed by atoms with van der Waals surface area (Å²) < 4.78 is 0.990. The summed E-state index contributed by atoms with van der Waals surface area (Å²) in [6, 6.07) is 0. The Morgan fingerprint density at radius 3 is 2.92 bits per heavy atom. The summed E-state index contributed by atoms with van der Waals surface area (Å²) >= 11 is 5.03. The summed E-state index contributed by atoms with van der Waals surface area (Å²) in [5.41, 5.74) is 1.59. The number of aromatic nitrogens is 1. The van der Waals surface area contributed by atoms with Crippen molar-refractivity contribution in [2.24, 2.45) is 0 Å². The second-order valence-corrected chi connectivity index (χ2v) is 5.43. The van der Waals surface area contributed by atoms with Crippen molar-refractivity contribution in [1.82, 2.24) is 10.3 Å². The molecule has 0 aromatic carbocycles. The van der Waals surface area contributed by atoms with Gasteiger partial charge in [0, 0.05) is 17.3 Å². The van der Waals surface area contributed by atoms with Gasteiger partial charge in [-0.05, 0) is 35.8 Å². The smallest absolute Gasteiger partial charge is 0.159 e. The average molecular weight is 247 g/mol. The van der Waals surface area contributed by atoms with Crippen molar-refractivity contribution < 1.29 is 0 Å². The molecule has 66 valence electrons. The van der Waals surface area contributed by atoms with Crippen LogP contribution in [0, 0.1) is 0 Å². The minimum Gasteiger partial charge on any atom is -0.314 e. The molecule has 1 saturated carbocycles. The predicted octanol–water partition coefficient (Wildman–Crippen LogP) is 2.20. The van der Waals surface area contributed by atoms with Crippen LogP contribution in [0.5, 0.6) is 0 Å². The van der Waals surface area contributed by atoms with Gasteiger partial charge < -0.3 is 5.32 Å². The molecule has 1 N–H and O–H groups in total. The molecular weight excluding hydrogens is 236 g/mol. The molecule has 2 nitrogen and oxygen atoms in total. The van der Waals surface area contributed by atoms with Crippen LogP contribution in [0.1, 0.15) is 18.5 Å². The molecule has 1 aliphatic carbocycles. The predicted molar refractivity (Wildman–Crippen MR) is 54.5 cm³/mol. The lowest BCUT2D eigenvalue weighted by molar-refractivity contribution is 0.543. The van der Waals surface area contributed by atoms with E-state index in [0.29, 0.717) is 5.54 Å². The average Bonchev–Trinajstić information content (AvgIpc) is 2.71. The van der Waals surface area contributed by atoms with E-state index in [1.165, 1.54) is 18.5 Å². The van der Waals surface area contributed by atoms with E-state index in [-0.39, 0.29) is 0 Å². The molecule has 0 amide bonds. The fraction of sp³-hybridized carbons (Fsp3) is 0.625. The lowest BCUT2D eigenvalue weighted by Crippen LogP contribution is -2.29. The van der Waals surface area contributed by atoms with Gasteiger partial charge in [-0.25, -0.2) is 4.98 Å². The number of likely N-dealkylation sites (N-methyl/N-ethyl adjacent to an activating group) is 1. The molecule has 1 aromatic heterocycles. The molecule has 1 aromatic rings. The first-order valence-electron chi connectivity index (χ1n) is 4.03. The summed E-state index contributed by atoms with van der Waals surface area (Å²) in [6.45, 7) is 0. The van der Waals surface area contributed by atoms with E-state index in [4.69, 9.17) is 0 Å². The molecule has 0 saturated heterocycles. The number of nitrogens with zero attached hydrogens (tertiary/aromatic N) is 1. The molecule has 0 unspecified atom stereocenters. The van der Waals surface area contributed by atoms with Gasteiger partial charge in [0.15, 0.2) is 3.92 Å². The molecule has 0 spiro atoms. The number of nitrogens with one attached hydrogen (secondary N) is 1. The van der Waals surface area contributed by atoms with Gasteiger partial charge in [0.25, 0.3) is 0 Å². The Kier molecular flexibility index (Phi) is 2.23. The van der Waals surface area contributed by atoms with Gasteiger partial charge in [0.1, 0.15) is 0 Å². The van der Waals surface area contributed by atoms with E-state index in [2.05, 4.69) is 31.6 Å². The molecule has 0 radical (unpaired) electrons. The molecular formula is C8H11BrN2S. The number of thiazole rings is 1. The standard InChI is InChI=1S/C8H11BrN2S/c1-10-8(2-3-8)4-6-5-12-7(9)11-6/h5,10H,2-4H2,1H3. The van der Waals surface area contributed by atoms with E-state index in [9.17, 15) is 0 Å². The SMILES string of the molecule is CNC1(Cc2csc(Br)n2)CC1. The summed E-state index contributed by atoms with van der Waals surface area (Å²) in [6.07, 6.45) is 3.66. The van der Waals surface area contributed by atoms with Gasteiger partial charge >= 0.3 is 0 Å². The van der Waals surface area contributed by atoms with Crippen molar-refractivity contribution in [3.63, 3.8) is 0 Å². The highest BCUT2D eigenvalue weighted by atomic mass is 79.9. The van der Waals surface area contributed by atoms with Crippen LogP contribution in [0.3, 0.4) is 0 Å². The van der Waals surface area contributed by atoms with Crippen LogP contribution in [-0.4, -0.2) is 17.6 Å². The van der Waals surface area contributed by atoms with E-state index in [1.807, 2.05) is 7.05 Å². The van der Waals surface area contributed by atoms with Crippen LogP contribution in [0.2, 0.25) is 0 Å². The minimum atomic E-state index is 0.382. The van der Waals surface area contributed by atoms with E-state index in [0.717, 1.165) is 10.3 Å². The van der Waals surface area contributed by atoms with Crippen molar-refractivity contribution in [3.05, 3.63) is 15.0 Å². The van der Waals surface area contributed by atoms with Gasteiger partial charge in [0.05, 0.1) is 5.69 Å². The van der Waals surface area contributed by atoms with Crippen molar-refractivity contribution in [2.45, 2.75) is 24.8 Å². The van der Waals surface area contributed by atoms with Crippen molar-refractivity contribution >= 4 is 27.3 Å². The van der Waals surface area contributed by atoms with E-state index >= 15 is 0 Å². The van der Waals surface area contributed by atoms with E-state index in [1.54, 1.807) is 11.3 Å². The summed E-state index contributed by atoms with van der Waals surface area (Å²) in [5, 5.41) is 5.49. The molecule has 0 aliphatic heterocycles. The second-order valence-electron chi connectivity index (χ2n) is 3.30. The molecule has 0 atom stereocenters. The Morgan fingerprint density at radius 1 is 1.75 bits per heavy atom. The van der Waals surface area contributed by atoms with Gasteiger partial charge in [-0.15, -0.1) is 11.3 Å². The van der Waals surface area contributed by atoms with Crippen molar-refractivity contribution in [1.29, 1.82) is 0 Å². The number of rotatable bonds is 3. The van der Waals surface area contributed by atoms with Gasteiger partial charge in [-0.1, -0.05) is 0 Å². The zero-order chi connectivity index (χ0) is 8.60. The van der Waals surface area contributed by atoms with E-state index < -0.39 is 0 Å². The topological polar surface area (TPSA) is 24.9 Å². The van der Waals surface area contributed by atoms with Crippen LogP contribution in [-0.2, 0) is 6.42 Å². The van der Waals surface area contributed by atoms with Gasteiger partial charge in [0.2, 0.25) is 0 Å². The second kappa shape index (κ2) is 3.09. The largest absolute Gasteiger partial charge is 0.314 e. The number of hydrogen-bond donors (Lipinski definition) is 1. The molecule has 12 heavy (non-hydrogen) atoms. The van der Waals surface area contributed by atoms with Gasteiger partial charge in [-0.2, -0.15) is 0 Å². The molecule has 2 rings (SSSR count). The lowest BCUT2D eigenvalue weighted by atomic mass is 10.1. The Bertz CT molecular complexity index is 280. The van der Waals surface area contributed by atoms with Crippen LogP contribution in [0.4, 0.5) is 0 Å². The van der Waals surface area contributed by atoms with Crippen LogP contribution < -0.4 is 5.32 Å². The van der Waals surface area contributed by atoms with Crippen LogP contribution >= 0.6 is 27.3 Å². The maximum Gasteiger partial charge on any atom is 0.159 e. The highest BCUT2D eigenvalue weighted by Crippen LogP contribution is 2.38. The third kappa shape index (κ3) is 1.70. The van der Waals surface area contributed by atoms with Crippen LogP contribution in [0.15, 0.2) is 9.30 Å². The summed E-state index contributed by atoms with van der Waals surface area (Å²) in [4.78, 5) is 4.38.